The highest BCUT2D eigenvalue weighted by Crippen LogP contribution is 2.25. The summed E-state index contributed by atoms with van der Waals surface area (Å²) in [5, 5.41) is 3.51. The number of halogens is 1. The molecule has 1 aliphatic rings. The lowest BCUT2D eigenvalue weighted by Crippen LogP contribution is -2.40. The molecular weight excluding hydrogens is 330 g/mol. The molecule has 5 heteroatoms. The van der Waals surface area contributed by atoms with E-state index in [0.717, 1.165) is 49.3 Å². The smallest absolute Gasteiger partial charge is 0.133 e. The number of rotatable bonds is 6. The average molecular weight is 356 g/mol. The fraction of sp³-hybridized carbons (Fsp3) is 0.688. The highest BCUT2D eigenvalue weighted by atomic mass is 79.9. The van der Waals surface area contributed by atoms with Crippen molar-refractivity contribution in [1.29, 1.82) is 0 Å². The van der Waals surface area contributed by atoms with Crippen LogP contribution in [0.1, 0.15) is 32.3 Å². The Morgan fingerprint density at radius 2 is 2.33 bits per heavy atom. The summed E-state index contributed by atoms with van der Waals surface area (Å²) in [6.45, 7) is 8.32. The van der Waals surface area contributed by atoms with Crippen LogP contribution in [-0.4, -0.2) is 37.8 Å². The number of nitrogens with zero attached hydrogens (tertiary/aromatic N) is 2. The van der Waals surface area contributed by atoms with E-state index in [1.165, 1.54) is 5.56 Å². The number of hydrogen-bond donors (Lipinski definition) is 1. The van der Waals surface area contributed by atoms with Gasteiger partial charge in [-0.15, -0.1) is 0 Å². The van der Waals surface area contributed by atoms with Gasteiger partial charge in [0.15, 0.2) is 0 Å². The Hall–Kier alpha value is -0.650. The zero-order chi connectivity index (χ0) is 15.2. The first-order valence-corrected chi connectivity index (χ1v) is 8.52. The first-order valence-electron chi connectivity index (χ1n) is 7.73. The van der Waals surface area contributed by atoms with Crippen molar-refractivity contribution in [3.05, 3.63) is 22.3 Å². The van der Waals surface area contributed by atoms with Crippen LogP contribution in [0.2, 0.25) is 0 Å². The lowest BCUT2D eigenvalue weighted by atomic mass is 10.1. The van der Waals surface area contributed by atoms with Crippen LogP contribution in [0.3, 0.4) is 0 Å². The molecule has 0 amide bonds. The molecule has 1 N–H and O–H groups in total. The van der Waals surface area contributed by atoms with Crippen molar-refractivity contribution >= 4 is 21.7 Å². The van der Waals surface area contributed by atoms with Crippen molar-refractivity contribution in [2.24, 2.45) is 5.92 Å². The van der Waals surface area contributed by atoms with E-state index in [9.17, 15) is 0 Å². The van der Waals surface area contributed by atoms with Gasteiger partial charge in [0.1, 0.15) is 5.82 Å². The number of pyridine rings is 1. The van der Waals surface area contributed by atoms with Crippen LogP contribution in [0.5, 0.6) is 0 Å². The van der Waals surface area contributed by atoms with E-state index in [1.807, 2.05) is 6.20 Å². The highest BCUT2D eigenvalue weighted by Gasteiger charge is 2.22. The molecule has 1 aromatic rings. The van der Waals surface area contributed by atoms with Gasteiger partial charge in [-0.1, -0.05) is 13.8 Å². The molecule has 1 saturated heterocycles. The van der Waals surface area contributed by atoms with Crippen LogP contribution in [-0.2, 0) is 11.3 Å². The third kappa shape index (κ3) is 4.94. The Morgan fingerprint density at radius 1 is 1.52 bits per heavy atom. The maximum atomic E-state index is 5.52. The average Bonchev–Trinajstić information content (AvgIpc) is 2.47. The second kappa shape index (κ2) is 8.11. The minimum absolute atomic E-state index is 0.320. The maximum absolute atomic E-state index is 5.52. The molecule has 0 saturated carbocycles. The minimum atomic E-state index is 0.320. The van der Waals surface area contributed by atoms with Gasteiger partial charge >= 0.3 is 0 Å². The summed E-state index contributed by atoms with van der Waals surface area (Å²) in [4.78, 5) is 7.01. The first kappa shape index (κ1) is 16.7. The topological polar surface area (TPSA) is 37.4 Å². The number of methoxy groups -OCH3 is 1. The minimum Gasteiger partial charge on any atom is -0.380 e. The molecule has 1 unspecified atom stereocenters. The highest BCUT2D eigenvalue weighted by molar-refractivity contribution is 9.10. The van der Waals surface area contributed by atoms with Crippen molar-refractivity contribution < 1.29 is 4.74 Å². The molecule has 1 atom stereocenters. The van der Waals surface area contributed by atoms with E-state index in [-0.39, 0.29) is 0 Å². The SMILES string of the molecule is COC1CCCN(c2ncc(Br)cc2CNCC(C)C)C1. The number of piperidine rings is 1. The van der Waals surface area contributed by atoms with Crippen LogP contribution < -0.4 is 10.2 Å². The second-order valence-corrected chi connectivity index (χ2v) is 7.02. The molecule has 1 aliphatic heterocycles. The van der Waals surface area contributed by atoms with Gasteiger partial charge in [-0.25, -0.2) is 4.98 Å². The Bertz CT molecular complexity index is 453. The van der Waals surface area contributed by atoms with Gasteiger partial charge < -0.3 is 15.0 Å². The fourth-order valence-electron chi connectivity index (χ4n) is 2.71. The van der Waals surface area contributed by atoms with Gasteiger partial charge in [0.25, 0.3) is 0 Å². The van der Waals surface area contributed by atoms with E-state index in [0.29, 0.717) is 12.0 Å². The summed E-state index contributed by atoms with van der Waals surface area (Å²) in [5.41, 5.74) is 1.25. The summed E-state index contributed by atoms with van der Waals surface area (Å²) in [7, 11) is 1.80. The molecule has 0 aliphatic carbocycles. The van der Waals surface area contributed by atoms with Crippen molar-refractivity contribution in [2.45, 2.75) is 39.3 Å². The van der Waals surface area contributed by atoms with Crippen molar-refractivity contribution in [2.75, 3.05) is 31.6 Å². The van der Waals surface area contributed by atoms with E-state index < -0.39 is 0 Å². The van der Waals surface area contributed by atoms with E-state index in [1.54, 1.807) is 7.11 Å². The summed E-state index contributed by atoms with van der Waals surface area (Å²) < 4.78 is 6.56. The van der Waals surface area contributed by atoms with E-state index >= 15 is 0 Å². The van der Waals surface area contributed by atoms with E-state index in [4.69, 9.17) is 4.74 Å². The van der Waals surface area contributed by atoms with Crippen molar-refractivity contribution in [3.63, 3.8) is 0 Å². The molecule has 0 radical (unpaired) electrons. The Labute approximate surface area is 136 Å². The molecule has 1 fully saturated rings. The molecular formula is C16H26BrN3O. The Morgan fingerprint density at radius 3 is 3.05 bits per heavy atom. The van der Waals surface area contributed by atoms with Crippen LogP contribution >= 0.6 is 15.9 Å². The van der Waals surface area contributed by atoms with Crippen molar-refractivity contribution in [1.82, 2.24) is 10.3 Å². The third-order valence-corrected chi connectivity index (χ3v) is 4.22. The van der Waals surface area contributed by atoms with Crippen LogP contribution in [0.25, 0.3) is 0 Å². The number of anilines is 1. The quantitative estimate of drug-likeness (QED) is 0.849. The third-order valence-electron chi connectivity index (χ3n) is 3.79. The number of nitrogens with one attached hydrogen (secondary N) is 1. The molecule has 0 bridgehead atoms. The molecule has 2 heterocycles. The maximum Gasteiger partial charge on any atom is 0.133 e. The molecule has 0 aromatic carbocycles. The summed E-state index contributed by atoms with van der Waals surface area (Å²) in [5.74, 6) is 1.75. The molecule has 4 nitrogen and oxygen atoms in total. The molecule has 1 aromatic heterocycles. The molecule has 118 valence electrons. The predicted octanol–water partition coefficient (Wildman–Crippen LogP) is 3.20. The van der Waals surface area contributed by atoms with Crippen LogP contribution in [0.4, 0.5) is 5.82 Å². The standard InChI is InChI=1S/C16H26BrN3O/c1-12(2)8-18-9-13-7-14(17)10-19-16(13)20-6-4-5-15(11-20)21-3/h7,10,12,15,18H,4-6,8-9,11H2,1-3H3. The van der Waals surface area contributed by atoms with Crippen LogP contribution in [0, 0.1) is 5.92 Å². The zero-order valence-corrected chi connectivity index (χ0v) is 14.8. The van der Waals surface area contributed by atoms with E-state index in [2.05, 4.69) is 51.0 Å². The zero-order valence-electron chi connectivity index (χ0n) is 13.2. The van der Waals surface area contributed by atoms with Gasteiger partial charge in [0.2, 0.25) is 0 Å². The van der Waals surface area contributed by atoms with Gasteiger partial charge in [-0.3, -0.25) is 0 Å². The lowest BCUT2D eigenvalue weighted by molar-refractivity contribution is 0.0891. The summed E-state index contributed by atoms with van der Waals surface area (Å²) in [6.07, 6.45) is 4.51. The number of ether oxygens (including phenoxy) is 1. The fourth-order valence-corrected chi connectivity index (χ4v) is 3.09. The number of hydrogen-bond acceptors (Lipinski definition) is 4. The molecule has 2 rings (SSSR count). The number of aromatic nitrogens is 1. The molecule has 0 spiro atoms. The van der Waals surface area contributed by atoms with Gasteiger partial charge in [0.05, 0.1) is 6.10 Å². The Balaban J connectivity index is 2.10. The monoisotopic (exact) mass is 355 g/mol. The van der Waals surface area contributed by atoms with Crippen LogP contribution in [0.15, 0.2) is 16.7 Å². The second-order valence-electron chi connectivity index (χ2n) is 6.11. The van der Waals surface area contributed by atoms with Gasteiger partial charge in [-0.2, -0.15) is 0 Å². The summed E-state index contributed by atoms with van der Waals surface area (Å²) >= 11 is 3.53. The van der Waals surface area contributed by atoms with Gasteiger partial charge in [0, 0.05) is 43.0 Å². The lowest BCUT2D eigenvalue weighted by Gasteiger charge is -2.34. The normalized spacial score (nSPS) is 19.3. The predicted molar refractivity (Wildman–Crippen MR) is 90.7 cm³/mol. The Kier molecular flexibility index (Phi) is 6.45. The molecule has 21 heavy (non-hydrogen) atoms. The van der Waals surface area contributed by atoms with Crippen molar-refractivity contribution in [3.8, 4) is 0 Å². The summed E-state index contributed by atoms with van der Waals surface area (Å²) in [6, 6.07) is 2.17. The van der Waals surface area contributed by atoms with Gasteiger partial charge in [-0.05, 0) is 47.3 Å². The largest absolute Gasteiger partial charge is 0.380 e. The first-order chi connectivity index (χ1) is 10.1.